The smallest absolute Gasteiger partial charge is 0.351 e. The summed E-state index contributed by atoms with van der Waals surface area (Å²) in [6, 6.07) is 6.91. The maximum absolute atomic E-state index is 11.8. The first-order chi connectivity index (χ1) is 8.69. The van der Waals surface area contributed by atoms with Crippen molar-refractivity contribution in [1.29, 1.82) is 0 Å². The quantitative estimate of drug-likeness (QED) is 0.818. The van der Waals surface area contributed by atoms with Crippen LogP contribution in [0.3, 0.4) is 0 Å². The molecule has 2 aromatic rings. The van der Waals surface area contributed by atoms with Crippen LogP contribution in [0.2, 0.25) is 0 Å². The molecule has 0 unspecified atom stereocenters. The summed E-state index contributed by atoms with van der Waals surface area (Å²) in [5.41, 5.74) is 2.45. The van der Waals surface area contributed by atoms with Crippen LogP contribution in [0.15, 0.2) is 29.1 Å². The number of aryl methyl sites for hydroxylation is 1. The Morgan fingerprint density at radius 3 is 3.00 bits per heavy atom. The van der Waals surface area contributed by atoms with Crippen LogP contribution in [-0.4, -0.2) is 21.8 Å². The van der Waals surface area contributed by atoms with Crippen molar-refractivity contribution in [3.63, 3.8) is 0 Å². The molecule has 1 N–H and O–H groups in total. The molecule has 2 heterocycles. The van der Waals surface area contributed by atoms with E-state index in [4.69, 9.17) is 4.74 Å². The van der Waals surface area contributed by atoms with Gasteiger partial charge in [-0.3, -0.25) is 4.57 Å². The van der Waals surface area contributed by atoms with Gasteiger partial charge in [-0.15, -0.1) is 0 Å². The molecule has 0 aliphatic carbocycles. The maximum atomic E-state index is 11.8. The molecule has 0 amide bonds. The number of ether oxygens (including phenoxy) is 1. The molecule has 18 heavy (non-hydrogen) atoms. The van der Waals surface area contributed by atoms with E-state index < -0.39 is 0 Å². The number of rotatable bonds is 1. The second-order valence-electron chi connectivity index (χ2n) is 4.21. The molecule has 0 bridgehead atoms. The molecule has 0 saturated heterocycles. The average molecular weight is 244 g/mol. The van der Waals surface area contributed by atoms with Gasteiger partial charge in [-0.1, -0.05) is 0 Å². The van der Waals surface area contributed by atoms with Gasteiger partial charge in [0.2, 0.25) is 5.88 Å². The van der Waals surface area contributed by atoms with E-state index in [0.29, 0.717) is 18.8 Å². The SMILES string of the molecule is COc1cc2n(c(=O)n1)CCc1cc(O)ccc1-2. The minimum atomic E-state index is -0.303. The number of phenols is 1. The summed E-state index contributed by atoms with van der Waals surface area (Å²) >= 11 is 0. The predicted octanol–water partition coefficient (Wildman–Crippen LogP) is 1.18. The molecule has 0 radical (unpaired) electrons. The van der Waals surface area contributed by atoms with Crippen LogP contribution in [-0.2, 0) is 13.0 Å². The second-order valence-corrected chi connectivity index (χ2v) is 4.21. The van der Waals surface area contributed by atoms with Gasteiger partial charge in [-0.25, -0.2) is 4.79 Å². The third-order valence-electron chi connectivity index (χ3n) is 3.17. The molecule has 0 saturated carbocycles. The highest BCUT2D eigenvalue weighted by Crippen LogP contribution is 2.31. The molecular formula is C13H12N2O3. The van der Waals surface area contributed by atoms with Crippen molar-refractivity contribution in [3.05, 3.63) is 40.3 Å². The summed E-state index contributed by atoms with van der Waals surface area (Å²) in [5, 5.41) is 9.49. The molecule has 0 atom stereocenters. The van der Waals surface area contributed by atoms with Crippen LogP contribution >= 0.6 is 0 Å². The van der Waals surface area contributed by atoms with Gasteiger partial charge < -0.3 is 9.84 Å². The van der Waals surface area contributed by atoms with Crippen LogP contribution in [0, 0.1) is 0 Å². The molecule has 92 valence electrons. The Hall–Kier alpha value is -2.30. The van der Waals surface area contributed by atoms with E-state index in [2.05, 4.69) is 4.98 Å². The minimum absolute atomic E-state index is 0.241. The van der Waals surface area contributed by atoms with Gasteiger partial charge in [0.1, 0.15) is 5.75 Å². The van der Waals surface area contributed by atoms with Crippen molar-refractivity contribution in [2.75, 3.05) is 7.11 Å². The first kappa shape index (κ1) is 10.8. The van der Waals surface area contributed by atoms with E-state index in [1.54, 1.807) is 22.8 Å². The zero-order valence-corrected chi connectivity index (χ0v) is 9.88. The van der Waals surface area contributed by atoms with Gasteiger partial charge in [0, 0.05) is 18.2 Å². The van der Waals surface area contributed by atoms with Crippen LogP contribution in [0.25, 0.3) is 11.3 Å². The largest absolute Gasteiger partial charge is 0.508 e. The minimum Gasteiger partial charge on any atom is -0.508 e. The summed E-state index contributed by atoms with van der Waals surface area (Å²) in [5.74, 6) is 0.553. The first-order valence-electron chi connectivity index (χ1n) is 5.67. The third kappa shape index (κ3) is 1.55. The van der Waals surface area contributed by atoms with Gasteiger partial charge in [0.05, 0.1) is 12.8 Å². The topological polar surface area (TPSA) is 64.4 Å². The van der Waals surface area contributed by atoms with E-state index in [-0.39, 0.29) is 11.4 Å². The normalized spacial score (nSPS) is 12.7. The molecule has 5 heteroatoms. The zero-order valence-electron chi connectivity index (χ0n) is 9.88. The van der Waals surface area contributed by atoms with E-state index in [9.17, 15) is 9.90 Å². The first-order valence-corrected chi connectivity index (χ1v) is 5.67. The number of hydrogen-bond acceptors (Lipinski definition) is 4. The highest BCUT2D eigenvalue weighted by Gasteiger charge is 2.18. The molecule has 0 spiro atoms. The number of nitrogens with zero attached hydrogens (tertiary/aromatic N) is 2. The van der Waals surface area contributed by atoms with Crippen molar-refractivity contribution < 1.29 is 9.84 Å². The summed E-state index contributed by atoms with van der Waals surface area (Å²) < 4.78 is 6.65. The van der Waals surface area contributed by atoms with Crippen LogP contribution in [0.4, 0.5) is 0 Å². The Morgan fingerprint density at radius 1 is 1.39 bits per heavy atom. The molecule has 1 aromatic heterocycles. The molecule has 1 aliphatic heterocycles. The maximum Gasteiger partial charge on any atom is 0.351 e. The van der Waals surface area contributed by atoms with Gasteiger partial charge in [-0.05, 0) is 30.2 Å². The van der Waals surface area contributed by atoms with Crippen molar-refractivity contribution in [2.45, 2.75) is 13.0 Å². The number of methoxy groups -OCH3 is 1. The molecule has 0 fully saturated rings. The summed E-state index contributed by atoms with van der Waals surface area (Å²) in [6.07, 6.45) is 0.713. The summed E-state index contributed by atoms with van der Waals surface area (Å²) in [7, 11) is 1.49. The Kier molecular flexibility index (Phi) is 2.33. The Morgan fingerprint density at radius 2 is 2.22 bits per heavy atom. The molecule has 1 aromatic carbocycles. The van der Waals surface area contributed by atoms with E-state index in [1.807, 2.05) is 6.07 Å². The number of hydrogen-bond donors (Lipinski definition) is 1. The van der Waals surface area contributed by atoms with E-state index >= 15 is 0 Å². The summed E-state index contributed by atoms with van der Waals surface area (Å²) in [4.78, 5) is 15.7. The molecule has 5 nitrogen and oxygen atoms in total. The van der Waals surface area contributed by atoms with Gasteiger partial charge >= 0.3 is 5.69 Å². The van der Waals surface area contributed by atoms with Crippen molar-refractivity contribution in [1.82, 2.24) is 9.55 Å². The lowest BCUT2D eigenvalue weighted by atomic mass is 9.97. The van der Waals surface area contributed by atoms with Crippen molar-refractivity contribution in [2.24, 2.45) is 0 Å². The van der Waals surface area contributed by atoms with Gasteiger partial charge in [-0.2, -0.15) is 4.98 Å². The average Bonchev–Trinajstić information content (AvgIpc) is 2.37. The fourth-order valence-corrected chi connectivity index (χ4v) is 2.30. The Balaban J connectivity index is 2.28. The number of fused-ring (bicyclic) bond motifs is 3. The third-order valence-corrected chi connectivity index (χ3v) is 3.17. The van der Waals surface area contributed by atoms with Crippen molar-refractivity contribution >= 4 is 0 Å². The second kappa shape index (κ2) is 3.87. The lowest BCUT2D eigenvalue weighted by Gasteiger charge is -2.21. The number of phenolic OH excluding ortho intramolecular Hbond substituents is 1. The van der Waals surface area contributed by atoms with E-state index in [1.165, 1.54) is 7.11 Å². The van der Waals surface area contributed by atoms with E-state index in [0.717, 1.165) is 16.8 Å². The highest BCUT2D eigenvalue weighted by atomic mass is 16.5. The Bertz CT molecular complexity index is 676. The molecule has 1 aliphatic rings. The zero-order chi connectivity index (χ0) is 12.7. The standard InChI is InChI=1S/C13H12N2O3/c1-18-12-7-11-10-3-2-9(16)6-8(10)4-5-15(11)13(17)14-12/h2-3,6-7,16H,4-5H2,1H3. The van der Waals surface area contributed by atoms with Crippen LogP contribution in [0.5, 0.6) is 11.6 Å². The highest BCUT2D eigenvalue weighted by molar-refractivity contribution is 5.67. The fourth-order valence-electron chi connectivity index (χ4n) is 2.30. The lowest BCUT2D eigenvalue weighted by molar-refractivity contribution is 0.392. The lowest BCUT2D eigenvalue weighted by Crippen LogP contribution is -2.28. The molecular weight excluding hydrogens is 232 g/mol. The number of aromatic nitrogens is 2. The van der Waals surface area contributed by atoms with Crippen molar-refractivity contribution in [3.8, 4) is 22.9 Å². The monoisotopic (exact) mass is 244 g/mol. The number of aromatic hydroxyl groups is 1. The predicted molar refractivity (Wildman–Crippen MR) is 65.9 cm³/mol. The summed E-state index contributed by atoms with van der Waals surface area (Å²) in [6.45, 7) is 0.571. The fraction of sp³-hybridized carbons (Fsp3) is 0.231. The number of benzene rings is 1. The van der Waals surface area contributed by atoms with Gasteiger partial charge in [0.25, 0.3) is 0 Å². The Labute approximate surface area is 103 Å². The molecule has 3 rings (SSSR count). The van der Waals surface area contributed by atoms with Gasteiger partial charge in [0.15, 0.2) is 0 Å². The van der Waals surface area contributed by atoms with Crippen LogP contribution in [0.1, 0.15) is 5.56 Å². The van der Waals surface area contributed by atoms with Crippen LogP contribution < -0.4 is 10.4 Å².